The molecule has 1 heterocycles. The Morgan fingerprint density at radius 2 is 1.82 bits per heavy atom. The van der Waals surface area contributed by atoms with Gasteiger partial charge in [0.1, 0.15) is 11.7 Å². The van der Waals surface area contributed by atoms with Crippen molar-refractivity contribution < 1.29 is 19.1 Å². The Morgan fingerprint density at radius 3 is 2.39 bits per heavy atom. The van der Waals surface area contributed by atoms with Crippen LogP contribution in [0, 0.1) is 5.92 Å². The van der Waals surface area contributed by atoms with Crippen LogP contribution < -0.4 is 5.32 Å². The van der Waals surface area contributed by atoms with Crippen molar-refractivity contribution >= 4 is 17.7 Å². The van der Waals surface area contributed by atoms with Crippen LogP contribution in [0.25, 0.3) is 0 Å². The maximum Gasteiger partial charge on any atom is 0.328 e. The molecule has 1 N–H and O–H groups in total. The van der Waals surface area contributed by atoms with E-state index in [0.717, 1.165) is 5.56 Å². The third kappa shape index (κ3) is 6.30. The molecular weight excluding hydrogens is 356 g/mol. The summed E-state index contributed by atoms with van der Waals surface area (Å²) < 4.78 is 5.12. The Morgan fingerprint density at radius 1 is 1.11 bits per heavy atom. The van der Waals surface area contributed by atoms with Crippen molar-refractivity contribution in [2.45, 2.75) is 39.7 Å². The van der Waals surface area contributed by atoms with E-state index in [2.05, 4.69) is 10.3 Å². The Kier molecular flexibility index (Phi) is 7.87. The van der Waals surface area contributed by atoms with Gasteiger partial charge in [0, 0.05) is 11.8 Å². The summed E-state index contributed by atoms with van der Waals surface area (Å²) in [4.78, 5) is 40.1. The number of ether oxygens (including phenoxy) is 1. The number of carbonyl (C=O) groups is 3. The fraction of sp³-hybridized carbons (Fsp3) is 0.364. The lowest BCUT2D eigenvalue weighted by atomic mass is 9.93. The molecule has 2 atom stereocenters. The van der Waals surface area contributed by atoms with Crippen LogP contribution in [-0.2, 0) is 16.0 Å². The van der Waals surface area contributed by atoms with Gasteiger partial charge in [0.25, 0.3) is 5.91 Å². The van der Waals surface area contributed by atoms with Gasteiger partial charge in [-0.3, -0.25) is 14.6 Å². The van der Waals surface area contributed by atoms with Gasteiger partial charge in [0.05, 0.1) is 6.61 Å². The number of nitrogens with zero attached hydrogens (tertiary/aromatic N) is 1. The minimum Gasteiger partial charge on any atom is -0.464 e. The highest BCUT2D eigenvalue weighted by Gasteiger charge is 2.25. The zero-order valence-corrected chi connectivity index (χ0v) is 16.5. The molecule has 28 heavy (non-hydrogen) atoms. The van der Waals surface area contributed by atoms with Crippen LogP contribution in [0.15, 0.2) is 48.7 Å². The average molecular weight is 382 g/mol. The lowest BCUT2D eigenvalue weighted by molar-refractivity contribution is -0.145. The van der Waals surface area contributed by atoms with Crippen LogP contribution >= 0.6 is 0 Å². The molecule has 0 aliphatic carbocycles. The summed E-state index contributed by atoms with van der Waals surface area (Å²) in [5.41, 5.74) is 1.99. The topological polar surface area (TPSA) is 85.4 Å². The zero-order valence-electron chi connectivity index (χ0n) is 16.5. The number of hydrogen-bond donors (Lipinski definition) is 1. The van der Waals surface area contributed by atoms with Gasteiger partial charge in [-0.15, -0.1) is 0 Å². The van der Waals surface area contributed by atoms with Crippen LogP contribution in [0.5, 0.6) is 0 Å². The summed E-state index contributed by atoms with van der Waals surface area (Å²) in [6, 6.07) is 11.7. The standard InChI is InChI=1S/C22H26N2O4/c1-4-28-22(27)20(24-21(26)19-7-5-6-12-23-19)14-15(2)13-17-8-10-18(11-9-17)16(3)25/h5-12,15,20H,4,13-14H2,1-3H3,(H,24,26). The molecule has 1 aromatic carbocycles. The largest absolute Gasteiger partial charge is 0.464 e. The molecule has 0 fully saturated rings. The number of benzene rings is 1. The Labute approximate surface area is 165 Å². The number of aromatic nitrogens is 1. The third-order valence-corrected chi connectivity index (χ3v) is 4.36. The maximum atomic E-state index is 12.4. The molecule has 0 aliphatic rings. The highest BCUT2D eigenvalue weighted by molar-refractivity contribution is 5.95. The fourth-order valence-electron chi connectivity index (χ4n) is 2.95. The Bertz CT molecular complexity index is 803. The zero-order chi connectivity index (χ0) is 20.5. The highest BCUT2D eigenvalue weighted by Crippen LogP contribution is 2.16. The number of hydrogen-bond acceptors (Lipinski definition) is 5. The molecule has 0 aliphatic heterocycles. The van der Waals surface area contributed by atoms with Crippen molar-refractivity contribution in [3.63, 3.8) is 0 Å². The number of rotatable bonds is 9. The molecule has 148 valence electrons. The van der Waals surface area contributed by atoms with Gasteiger partial charge >= 0.3 is 5.97 Å². The molecule has 6 heteroatoms. The van der Waals surface area contributed by atoms with E-state index >= 15 is 0 Å². The van der Waals surface area contributed by atoms with Crippen molar-refractivity contribution in [2.24, 2.45) is 5.92 Å². The summed E-state index contributed by atoms with van der Waals surface area (Å²) in [5, 5.41) is 2.74. The lowest BCUT2D eigenvalue weighted by Crippen LogP contribution is -2.43. The van der Waals surface area contributed by atoms with Crippen LogP contribution in [0.4, 0.5) is 0 Å². The second-order valence-electron chi connectivity index (χ2n) is 6.79. The number of nitrogens with one attached hydrogen (secondary N) is 1. The average Bonchev–Trinajstić information content (AvgIpc) is 2.68. The molecule has 0 radical (unpaired) electrons. The summed E-state index contributed by atoms with van der Waals surface area (Å²) >= 11 is 0. The monoisotopic (exact) mass is 382 g/mol. The normalized spacial score (nSPS) is 12.7. The van der Waals surface area contributed by atoms with E-state index in [1.807, 2.05) is 19.1 Å². The Hall–Kier alpha value is -3.02. The van der Waals surface area contributed by atoms with E-state index < -0.39 is 17.9 Å². The second-order valence-corrected chi connectivity index (χ2v) is 6.79. The number of esters is 1. The predicted molar refractivity (Wildman–Crippen MR) is 106 cm³/mol. The SMILES string of the molecule is CCOC(=O)C(CC(C)Cc1ccc(C(C)=O)cc1)NC(=O)c1ccccn1. The minimum atomic E-state index is -0.749. The van der Waals surface area contributed by atoms with E-state index in [0.29, 0.717) is 18.4 Å². The summed E-state index contributed by atoms with van der Waals surface area (Å²) in [6.07, 6.45) is 2.68. The van der Waals surface area contributed by atoms with E-state index in [1.165, 1.54) is 13.1 Å². The number of ketones is 1. The molecular formula is C22H26N2O4. The first-order chi connectivity index (χ1) is 13.4. The molecule has 0 saturated heterocycles. The van der Waals surface area contributed by atoms with Crippen molar-refractivity contribution in [3.8, 4) is 0 Å². The maximum absolute atomic E-state index is 12.4. The smallest absolute Gasteiger partial charge is 0.328 e. The fourth-order valence-corrected chi connectivity index (χ4v) is 2.95. The molecule has 0 bridgehead atoms. The molecule has 2 aromatic rings. The third-order valence-electron chi connectivity index (χ3n) is 4.36. The van der Waals surface area contributed by atoms with Crippen LogP contribution in [0.1, 0.15) is 53.6 Å². The molecule has 2 rings (SSSR count). The lowest BCUT2D eigenvalue weighted by Gasteiger charge is -2.21. The summed E-state index contributed by atoms with van der Waals surface area (Å²) in [7, 11) is 0. The van der Waals surface area contributed by atoms with E-state index in [-0.39, 0.29) is 24.0 Å². The van der Waals surface area contributed by atoms with E-state index in [9.17, 15) is 14.4 Å². The molecule has 1 amide bonds. The second kappa shape index (κ2) is 10.3. The van der Waals surface area contributed by atoms with Gasteiger partial charge in [-0.25, -0.2) is 4.79 Å². The van der Waals surface area contributed by atoms with Crippen LogP contribution in [-0.4, -0.2) is 35.3 Å². The van der Waals surface area contributed by atoms with Gasteiger partial charge in [0.15, 0.2) is 5.78 Å². The Balaban J connectivity index is 2.03. The molecule has 1 aromatic heterocycles. The number of pyridine rings is 1. The van der Waals surface area contributed by atoms with Crippen molar-refractivity contribution in [3.05, 3.63) is 65.5 Å². The van der Waals surface area contributed by atoms with Crippen molar-refractivity contribution in [2.75, 3.05) is 6.61 Å². The predicted octanol–water partition coefficient (Wildman–Crippen LogP) is 3.21. The number of carbonyl (C=O) groups excluding carboxylic acids is 3. The van der Waals surface area contributed by atoms with Gasteiger partial charge in [-0.05, 0) is 50.3 Å². The quantitative estimate of drug-likeness (QED) is 0.532. The van der Waals surface area contributed by atoms with E-state index in [4.69, 9.17) is 4.74 Å². The van der Waals surface area contributed by atoms with Gasteiger partial charge < -0.3 is 10.1 Å². The molecule has 6 nitrogen and oxygen atoms in total. The first-order valence-electron chi connectivity index (χ1n) is 9.39. The molecule has 0 saturated carbocycles. The first-order valence-corrected chi connectivity index (χ1v) is 9.39. The molecule has 2 unspecified atom stereocenters. The highest BCUT2D eigenvalue weighted by atomic mass is 16.5. The van der Waals surface area contributed by atoms with Gasteiger partial charge in [0.2, 0.25) is 0 Å². The molecule has 0 spiro atoms. The van der Waals surface area contributed by atoms with Gasteiger partial charge in [-0.1, -0.05) is 37.3 Å². The van der Waals surface area contributed by atoms with Gasteiger partial charge in [-0.2, -0.15) is 0 Å². The van der Waals surface area contributed by atoms with Crippen molar-refractivity contribution in [1.82, 2.24) is 10.3 Å². The van der Waals surface area contributed by atoms with Crippen molar-refractivity contribution in [1.29, 1.82) is 0 Å². The van der Waals surface area contributed by atoms with E-state index in [1.54, 1.807) is 37.3 Å². The van der Waals surface area contributed by atoms with Crippen LogP contribution in [0.3, 0.4) is 0 Å². The summed E-state index contributed by atoms with van der Waals surface area (Å²) in [6.45, 7) is 5.52. The van der Waals surface area contributed by atoms with Crippen LogP contribution in [0.2, 0.25) is 0 Å². The summed E-state index contributed by atoms with van der Waals surface area (Å²) in [5.74, 6) is -0.719. The minimum absolute atomic E-state index is 0.0270. The number of Topliss-reactive ketones (excluding diaryl/α,β-unsaturated/α-hetero) is 1. The number of amides is 1. The first kappa shape index (κ1) is 21.3.